The summed E-state index contributed by atoms with van der Waals surface area (Å²) in [6, 6.07) is 19.7. The molecule has 2 N–H and O–H groups in total. The standard InChI is InChI=1S/C29H30NO8P/c1-2-3-14-36-39(34)37-17-20-15-19(12-13-27(20)38-39)16-26(28(31)32)30-29(33)35-18-25-23-10-6-4-8-21(23)22-9-5-7-11-24(22)25/h4-13,15,25-26H,2-3,14,16-18H2,1H3,(H,30,33)(H,31,32)/t26-,39?/m0/s1. The van der Waals surface area contributed by atoms with Gasteiger partial charge in [-0.15, -0.1) is 0 Å². The Labute approximate surface area is 226 Å². The number of aliphatic carboxylic acids is 1. The van der Waals surface area contributed by atoms with Gasteiger partial charge in [0, 0.05) is 17.9 Å². The van der Waals surface area contributed by atoms with Crippen LogP contribution in [0, 0.1) is 0 Å². The third-order valence-corrected chi connectivity index (χ3v) is 8.20. The third-order valence-electron chi connectivity index (χ3n) is 6.83. The van der Waals surface area contributed by atoms with E-state index in [9.17, 15) is 19.3 Å². The van der Waals surface area contributed by atoms with Crippen molar-refractivity contribution in [3.05, 3.63) is 89.0 Å². The van der Waals surface area contributed by atoms with E-state index in [0.29, 0.717) is 16.9 Å². The molecule has 1 unspecified atom stereocenters. The minimum absolute atomic E-state index is 0.00409. The third kappa shape index (κ3) is 6.01. The van der Waals surface area contributed by atoms with Crippen molar-refractivity contribution in [2.45, 2.75) is 44.8 Å². The monoisotopic (exact) mass is 551 g/mol. The van der Waals surface area contributed by atoms with Gasteiger partial charge in [0.05, 0.1) is 13.2 Å². The van der Waals surface area contributed by atoms with Crippen molar-refractivity contribution in [3.63, 3.8) is 0 Å². The fraction of sp³-hybridized carbons (Fsp3) is 0.310. The molecule has 2 atom stereocenters. The summed E-state index contributed by atoms with van der Waals surface area (Å²) >= 11 is 0. The van der Waals surface area contributed by atoms with E-state index < -0.39 is 25.9 Å². The maximum absolute atomic E-state index is 12.7. The molecule has 0 fully saturated rings. The number of carboxylic acids is 1. The molecule has 39 heavy (non-hydrogen) atoms. The first-order valence-electron chi connectivity index (χ1n) is 12.9. The predicted octanol–water partition coefficient (Wildman–Crippen LogP) is 6.05. The first-order valence-corrected chi connectivity index (χ1v) is 14.4. The highest BCUT2D eigenvalue weighted by Gasteiger charge is 2.34. The van der Waals surface area contributed by atoms with Gasteiger partial charge in [0.1, 0.15) is 18.4 Å². The molecule has 5 rings (SSSR count). The van der Waals surface area contributed by atoms with E-state index in [4.69, 9.17) is 18.3 Å². The Bertz CT molecular complexity index is 1380. The normalized spacial score (nSPS) is 18.3. The van der Waals surface area contributed by atoms with E-state index in [2.05, 4.69) is 5.32 Å². The summed E-state index contributed by atoms with van der Waals surface area (Å²) in [5, 5.41) is 12.2. The molecule has 0 spiro atoms. The Kier molecular flexibility index (Phi) is 8.02. The average molecular weight is 552 g/mol. The SMILES string of the molecule is CCCCOP1(=O)OCc2cc(C[C@H](NC(=O)OCC3c4ccccc4-c4ccccc43)C(=O)O)ccc2O1. The predicted molar refractivity (Wildman–Crippen MR) is 144 cm³/mol. The molecule has 2 aliphatic rings. The van der Waals surface area contributed by atoms with Crippen LogP contribution < -0.4 is 9.84 Å². The number of alkyl carbamates (subject to hydrolysis) is 1. The van der Waals surface area contributed by atoms with Crippen LogP contribution in [0.3, 0.4) is 0 Å². The fourth-order valence-corrected chi connectivity index (χ4v) is 6.11. The molecule has 3 aromatic carbocycles. The Morgan fingerprint density at radius 1 is 1.08 bits per heavy atom. The lowest BCUT2D eigenvalue weighted by Gasteiger charge is -2.25. The van der Waals surface area contributed by atoms with Gasteiger partial charge in [-0.25, -0.2) is 14.2 Å². The van der Waals surface area contributed by atoms with Crippen molar-refractivity contribution >= 4 is 19.9 Å². The van der Waals surface area contributed by atoms with Gasteiger partial charge in [-0.1, -0.05) is 67.9 Å². The minimum Gasteiger partial charge on any atom is -0.480 e. The topological polar surface area (TPSA) is 120 Å². The Balaban J connectivity index is 1.20. The van der Waals surface area contributed by atoms with E-state index >= 15 is 0 Å². The van der Waals surface area contributed by atoms with Crippen molar-refractivity contribution in [1.29, 1.82) is 0 Å². The maximum Gasteiger partial charge on any atom is 0.530 e. The minimum atomic E-state index is -3.68. The van der Waals surface area contributed by atoms with Crippen molar-refractivity contribution in [1.82, 2.24) is 5.32 Å². The highest BCUT2D eigenvalue weighted by Crippen LogP contribution is 2.54. The molecule has 0 saturated heterocycles. The fourth-order valence-electron chi connectivity index (χ4n) is 4.86. The number of rotatable bonds is 10. The molecule has 9 nitrogen and oxygen atoms in total. The van der Waals surface area contributed by atoms with Gasteiger partial charge < -0.3 is 19.7 Å². The second-order valence-corrected chi connectivity index (χ2v) is 11.1. The van der Waals surface area contributed by atoms with Crippen LogP contribution in [-0.4, -0.2) is 36.4 Å². The number of ether oxygens (including phenoxy) is 1. The van der Waals surface area contributed by atoms with Gasteiger partial charge >= 0.3 is 19.9 Å². The summed E-state index contributed by atoms with van der Waals surface area (Å²) in [7, 11) is -3.68. The Morgan fingerprint density at radius 3 is 2.44 bits per heavy atom. The number of carboxylic acid groups (broad SMARTS) is 1. The number of unbranched alkanes of at least 4 members (excludes halogenated alkanes) is 1. The molecule has 0 bridgehead atoms. The zero-order valence-electron chi connectivity index (χ0n) is 21.5. The number of nitrogens with one attached hydrogen (secondary N) is 1. The number of hydrogen-bond acceptors (Lipinski definition) is 7. The summed E-state index contributed by atoms with van der Waals surface area (Å²) in [6.45, 7) is 2.35. The van der Waals surface area contributed by atoms with Gasteiger partial charge in [-0.3, -0.25) is 9.05 Å². The van der Waals surface area contributed by atoms with Crippen LogP contribution in [0.5, 0.6) is 5.75 Å². The molecule has 0 saturated carbocycles. The van der Waals surface area contributed by atoms with Crippen LogP contribution in [0.2, 0.25) is 0 Å². The van der Waals surface area contributed by atoms with E-state index in [1.165, 1.54) is 0 Å². The average Bonchev–Trinajstić information content (AvgIpc) is 3.25. The van der Waals surface area contributed by atoms with E-state index in [0.717, 1.165) is 35.1 Å². The second kappa shape index (κ2) is 11.6. The first kappa shape index (κ1) is 26.9. The quantitative estimate of drug-likeness (QED) is 0.231. The largest absolute Gasteiger partial charge is 0.530 e. The van der Waals surface area contributed by atoms with Crippen LogP contribution in [0.1, 0.15) is 47.9 Å². The number of fused-ring (bicyclic) bond motifs is 4. The molecule has 0 aromatic heterocycles. The lowest BCUT2D eigenvalue weighted by molar-refractivity contribution is -0.139. The second-order valence-electron chi connectivity index (χ2n) is 9.51. The summed E-state index contributed by atoms with van der Waals surface area (Å²) in [6.07, 6.45) is 0.821. The van der Waals surface area contributed by atoms with Crippen LogP contribution in [0.15, 0.2) is 66.7 Å². The molecule has 10 heteroatoms. The van der Waals surface area contributed by atoms with Gasteiger partial charge in [0.2, 0.25) is 0 Å². The molecule has 1 amide bonds. The number of carbonyl (C=O) groups is 2. The number of hydrogen-bond donors (Lipinski definition) is 2. The maximum atomic E-state index is 12.7. The van der Waals surface area contributed by atoms with Gasteiger partial charge in [0.25, 0.3) is 0 Å². The van der Waals surface area contributed by atoms with E-state index in [1.807, 2.05) is 55.5 Å². The molecule has 204 valence electrons. The Morgan fingerprint density at radius 2 is 1.77 bits per heavy atom. The molecule has 3 aromatic rings. The van der Waals surface area contributed by atoms with Crippen molar-refractivity contribution in [2.24, 2.45) is 0 Å². The summed E-state index contributed by atoms with van der Waals surface area (Å²) in [5.74, 6) is -0.960. The summed E-state index contributed by atoms with van der Waals surface area (Å²) in [4.78, 5) is 24.6. The van der Waals surface area contributed by atoms with Crippen LogP contribution >= 0.6 is 7.82 Å². The molecule has 1 aliphatic heterocycles. The number of benzene rings is 3. The smallest absolute Gasteiger partial charge is 0.480 e. The zero-order chi connectivity index (χ0) is 27.4. The van der Waals surface area contributed by atoms with Crippen LogP contribution in [0.25, 0.3) is 11.1 Å². The Hall–Kier alpha value is -3.65. The number of phosphoric acid groups is 1. The highest BCUT2D eigenvalue weighted by molar-refractivity contribution is 7.49. The van der Waals surface area contributed by atoms with Crippen molar-refractivity contribution in [3.8, 4) is 16.9 Å². The molecule has 1 aliphatic carbocycles. The molecule has 1 heterocycles. The lowest BCUT2D eigenvalue weighted by Crippen LogP contribution is -2.43. The first-order chi connectivity index (χ1) is 18.9. The highest BCUT2D eigenvalue weighted by atomic mass is 31.2. The van der Waals surface area contributed by atoms with Crippen LogP contribution in [-0.2, 0) is 36.2 Å². The number of phosphoric ester groups is 1. The van der Waals surface area contributed by atoms with Crippen molar-refractivity contribution in [2.75, 3.05) is 13.2 Å². The number of amides is 1. The number of carbonyl (C=O) groups excluding carboxylic acids is 1. The van der Waals surface area contributed by atoms with Crippen molar-refractivity contribution < 1.29 is 37.6 Å². The van der Waals surface area contributed by atoms with Crippen LogP contribution in [0.4, 0.5) is 4.79 Å². The molecular formula is C29H30NO8P. The van der Waals surface area contributed by atoms with Gasteiger partial charge in [-0.05, 0) is 46.4 Å². The van der Waals surface area contributed by atoms with Gasteiger partial charge in [0.15, 0.2) is 0 Å². The summed E-state index contributed by atoms with van der Waals surface area (Å²) in [5.41, 5.74) is 5.60. The van der Waals surface area contributed by atoms with Gasteiger partial charge in [-0.2, -0.15) is 0 Å². The lowest BCUT2D eigenvalue weighted by atomic mass is 9.98. The molecule has 0 radical (unpaired) electrons. The summed E-state index contributed by atoms with van der Waals surface area (Å²) < 4.78 is 34.3. The molecular weight excluding hydrogens is 521 g/mol. The zero-order valence-corrected chi connectivity index (χ0v) is 22.4. The van der Waals surface area contributed by atoms with E-state index in [1.54, 1.807) is 18.2 Å². The van der Waals surface area contributed by atoms with E-state index in [-0.39, 0.29) is 32.2 Å².